The first-order chi connectivity index (χ1) is 11.2. The van der Waals surface area contributed by atoms with E-state index in [0.29, 0.717) is 10.9 Å². The van der Waals surface area contributed by atoms with Crippen molar-refractivity contribution < 1.29 is 21.9 Å². The van der Waals surface area contributed by atoms with Crippen LogP contribution < -0.4 is 4.72 Å². The normalized spacial score (nSPS) is 12.4. The number of fused-ring (bicyclic) bond motifs is 1. The summed E-state index contributed by atoms with van der Waals surface area (Å²) in [5, 5.41) is 16.1. The molecule has 3 aromatic rings. The standard InChI is InChI=1S/C14H13N3O5S2/c1-23(19,20)12-4-2-3-5-13(12)24(21,22)17-9-6-7-11-10(8-9)14(18)16-15-11/h2-8,17H,1H3,(H2,15,16,18). The first-order valence-corrected chi connectivity index (χ1v) is 10.0. The van der Waals surface area contributed by atoms with Gasteiger partial charge in [0.05, 0.1) is 15.8 Å². The molecule has 0 aliphatic rings. The van der Waals surface area contributed by atoms with Gasteiger partial charge in [0.1, 0.15) is 4.90 Å². The van der Waals surface area contributed by atoms with Crippen molar-refractivity contribution in [2.24, 2.45) is 0 Å². The van der Waals surface area contributed by atoms with Crippen LogP contribution in [-0.4, -0.2) is 38.4 Å². The molecule has 0 bridgehead atoms. The largest absolute Gasteiger partial charge is 0.492 e. The van der Waals surface area contributed by atoms with Crippen molar-refractivity contribution in [3.8, 4) is 5.88 Å². The van der Waals surface area contributed by atoms with Gasteiger partial charge in [-0.3, -0.25) is 9.82 Å². The van der Waals surface area contributed by atoms with Crippen LogP contribution in [0.4, 0.5) is 5.69 Å². The molecule has 3 N–H and O–H groups in total. The van der Waals surface area contributed by atoms with Crippen LogP contribution in [0.3, 0.4) is 0 Å². The Kier molecular flexibility index (Phi) is 3.73. The number of H-pyrrole nitrogens is 1. The van der Waals surface area contributed by atoms with Gasteiger partial charge >= 0.3 is 0 Å². The summed E-state index contributed by atoms with van der Waals surface area (Å²) in [6.45, 7) is 0. The van der Waals surface area contributed by atoms with E-state index in [0.717, 1.165) is 6.26 Å². The number of aromatic amines is 1. The van der Waals surface area contributed by atoms with Crippen LogP contribution in [0.15, 0.2) is 52.3 Å². The molecule has 1 aromatic heterocycles. The minimum Gasteiger partial charge on any atom is -0.492 e. The summed E-state index contributed by atoms with van der Waals surface area (Å²) in [5.41, 5.74) is 0.703. The molecule has 0 amide bonds. The van der Waals surface area contributed by atoms with Crippen molar-refractivity contribution in [1.29, 1.82) is 0 Å². The number of aromatic hydroxyl groups is 1. The Labute approximate surface area is 138 Å². The van der Waals surface area contributed by atoms with Crippen LogP contribution in [0.2, 0.25) is 0 Å². The van der Waals surface area contributed by atoms with E-state index in [-0.39, 0.29) is 21.4 Å². The lowest BCUT2D eigenvalue weighted by molar-refractivity contribution is 0.457. The lowest BCUT2D eigenvalue weighted by atomic mass is 10.2. The Balaban J connectivity index is 2.07. The fraction of sp³-hybridized carbons (Fsp3) is 0.0714. The highest BCUT2D eigenvalue weighted by atomic mass is 32.2. The van der Waals surface area contributed by atoms with Gasteiger partial charge in [-0.1, -0.05) is 12.1 Å². The zero-order valence-corrected chi connectivity index (χ0v) is 14.0. The molecule has 0 unspecified atom stereocenters. The van der Waals surface area contributed by atoms with Gasteiger partial charge < -0.3 is 5.11 Å². The third-order valence-corrected chi connectivity index (χ3v) is 6.06. The van der Waals surface area contributed by atoms with Gasteiger partial charge in [0.15, 0.2) is 9.84 Å². The molecule has 0 atom stereocenters. The molecule has 126 valence electrons. The quantitative estimate of drug-likeness (QED) is 0.640. The molecule has 0 radical (unpaired) electrons. The Hall–Kier alpha value is -2.59. The number of hydrogen-bond donors (Lipinski definition) is 3. The predicted molar refractivity (Wildman–Crippen MR) is 88.1 cm³/mol. The molecule has 24 heavy (non-hydrogen) atoms. The van der Waals surface area contributed by atoms with Crippen molar-refractivity contribution in [2.45, 2.75) is 9.79 Å². The van der Waals surface area contributed by atoms with Crippen LogP contribution in [-0.2, 0) is 19.9 Å². The Morgan fingerprint density at radius 1 is 1.04 bits per heavy atom. The minimum absolute atomic E-state index is 0.169. The summed E-state index contributed by atoms with van der Waals surface area (Å²) in [6, 6.07) is 9.75. The Morgan fingerprint density at radius 2 is 1.71 bits per heavy atom. The summed E-state index contributed by atoms with van der Waals surface area (Å²) < 4.78 is 51.0. The number of benzene rings is 2. The lowest BCUT2D eigenvalue weighted by Gasteiger charge is -2.11. The molecule has 10 heteroatoms. The molecule has 0 aliphatic carbocycles. The number of rotatable bonds is 4. The second-order valence-corrected chi connectivity index (χ2v) is 8.77. The van der Waals surface area contributed by atoms with Crippen molar-refractivity contribution in [2.75, 3.05) is 11.0 Å². The van der Waals surface area contributed by atoms with Crippen LogP contribution in [0.1, 0.15) is 0 Å². The SMILES string of the molecule is CS(=O)(=O)c1ccccc1S(=O)(=O)Nc1ccc2[nH]nc(O)c2c1. The molecule has 2 aromatic carbocycles. The summed E-state index contributed by atoms with van der Waals surface area (Å²) in [6.07, 6.45) is 0.941. The van der Waals surface area contributed by atoms with Gasteiger partial charge in [-0.2, -0.15) is 0 Å². The fourth-order valence-electron chi connectivity index (χ4n) is 2.25. The van der Waals surface area contributed by atoms with Gasteiger partial charge in [0, 0.05) is 11.9 Å². The molecule has 0 aliphatic heterocycles. The highest BCUT2D eigenvalue weighted by Crippen LogP contribution is 2.27. The van der Waals surface area contributed by atoms with Gasteiger partial charge in [-0.15, -0.1) is 5.10 Å². The molecule has 3 rings (SSSR count). The highest BCUT2D eigenvalue weighted by Gasteiger charge is 2.23. The van der Waals surface area contributed by atoms with E-state index in [4.69, 9.17) is 0 Å². The third kappa shape index (κ3) is 2.93. The van der Waals surface area contributed by atoms with Crippen LogP contribution in [0.25, 0.3) is 10.9 Å². The summed E-state index contributed by atoms with van der Waals surface area (Å²) in [7, 11) is -7.85. The molecule has 0 saturated heterocycles. The highest BCUT2D eigenvalue weighted by molar-refractivity contribution is 7.95. The van der Waals surface area contributed by atoms with E-state index in [9.17, 15) is 21.9 Å². The Morgan fingerprint density at radius 3 is 2.38 bits per heavy atom. The number of nitrogens with zero attached hydrogens (tertiary/aromatic N) is 1. The molecule has 0 saturated carbocycles. The minimum atomic E-state index is -4.13. The second-order valence-electron chi connectivity index (χ2n) is 5.13. The third-order valence-electron chi connectivity index (χ3n) is 3.33. The maximum atomic E-state index is 12.6. The lowest BCUT2D eigenvalue weighted by Crippen LogP contribution is -2.16. The van der Waals surface area contributed by atoms with Crippen LogP contribution >= 0.6 is 0 Å². The van der Waals surface area contributed by atoms with Crippen LogP contribution in [0.5, 0.6) is 5.88 Å². The van der Waals surface area contributed by atoms with Crippen molar-refractivity contribution >= 4 is 36.5 Å². The molecule has 1 heterocycles. The smallest absolute Gasteiger partial charge is 0.263 e. The van der Waals surface area contributed by atoms with Crippen molar-refractivity contribution in [1.82, 2.24) is 10.2 Å². The number of aromatic nitrogens is 2. The molecule has 0 spiro atoms. The van der Waals surface area contributed by atoms with E-state index >= 15 is 0 Å². The number of sulfonamides is 1. The average molecular weight is 367 g/mol. The summed E-state index contributed by atoms with van der Waals surface area (Å²) >= 11 is 0. The zero-order valence-electron chi connectivity index (χ0n) is 12.4. The monoisotopic (exact) mass is 367 g/mol. The van der Waals surface area contributed by atoms with Gasteiger partial charge in [-0.25, -0.2) is 16.8 Å². The maximum absolute atomic E-state index is 12.6. The topological polar surface area (TPSA) is 129 Å². The number of hydrogen-bond acceptors (Lipinski definition) is 6. The average Bonchev–Trinajstić information content (AvgIpc) is 2.87. The maximum Gasteiger partial charge on any atom is 0.263 e. The van der Waals surface area contributed by atoms with Crippen molar-refractivity contribution in [3.05, 3.63) is 42.5 Å². The first-order valence-electron chi connectivity index (χ1n) is 6.67. The van der Waals surface area contributed by atoms with E-state index < -0.39 is 19.9 Å². The fourth-order valence-corrected chi connectivity index (χ4v) is 4.93. The van der Waals surface area contributed by atoms with E-state index in [1.807, 2.05) is 0 Å². The Bertz CT molecular complexity index is 1130. The van der Waals surface area contributed by atoms with E-state index in [2.05, 4.69) is 14.9 Å². The zero-order chi connectivity index (χ0) is 17.5. The van der Waals surface area contributed by atoms with Crippen LogP contribution in [0, 0.1) is 0 Å². The molecule has 0 fully saturated rings. The predicted octanol–water partition coefficient (Wildman–Crippen LogP) is 1.47. The van der Waals surface area contributed by atoms with E-state index in [1.54, 1.807) is 6.07 Å². The molecular weight excluding hydrogens is 354 g/mol. The first kappa shape index (κ1) is 16.3. The van der Waals surface area contributed by atoms with E-state index in [1.165, 1.54) is 36.4 Å². The number of anilines is 1. The number of sulfone groups is 1. The second kappa shape index (κ2) is 5.49. The summed E-state index contributed by atoms with van der Waals surface area (Å²) in [4.78, 5) is -0.631. The molecular formula is C14H13N3O5S2. The summed E-state index contributed by atoms with van der Waals surface area (Å²) in [5.74, 6) is -0.261. The molecule has 8 nitrogen and oxygen atoms in total. The van der Waals surface area contributed by atoms with Crippen molar-refractivity contribution in [3.63, 3.8) is 0 Å². The van der Waals surface area contributed by atoms with Gasteiger partial charge in [-0.05, 0) is 30.3 Å². The van der Waals surface area contributed by atoms with Gasteiger partial charge in [0.25, 0.3) is 10.0 Å². The van der Waals surface area contributed by atoms with Gasteiger partial charge in [0.2, 0.25) is 5.88 Å². The number of nitrogens with one attached hydrogen (secondary N) is 2.